The van der Waals surface area contributed by atoms with E-state index in [1.807, 2.05) is 43.2 Å². The molecular weight excluding hydrogens is 236 g/mol. The molecule has 4 nitrogen and oxygen atoms in total. The van der Waals surface area contributed by atoms with Crippen molar-refractivity contribution >= 4 is 28.8 Å². The minimum absolute atomic E-state index is 0.739. The number of fused-ring (bicyclic) bond motifs is 2. The van der Waals surface area contributed by atoms with Gasteiger partial charge in [-0.05, 0) is 18.2 Å². The zero-order valence-corrected chi connectivity index (χ0v) is 10.5. The van der Waals surface area contributed by atoms with Crippen LogP contribution in [0, 0.1) is 0 Å². The van der Waals surface area contributed by atoms with Crippen LogP contribution in [0.25, 0.3) is 0 Å². The van der Waals surface area contributed by atoms with Crippen LogP contribution in [0.1, 0.15) is 5.56 Å². The van der Waals surface area contributed by atoms with Crippen LogP contribution in [-0.4, -0.2) is 16.8 Å². The molecule has 1 aromatic heterocycles. The molecule has 0 saturated heterocycles. The first kappa shape index (κ1) is 10.5. The Kier molecular flexibility index (Phi) is 2.26. The number of benzene rings is 1. The summed E-state index contributed by atoms with van der Waals surface area (Å²) in [5.74, 6) is 1.10. The predicted octanol–water partition coefficient (Wildman–Crippen LogP) is 2.77. The van der Waals surface area contributed by atoms with E-state index < -0.39 is 0 Å². The normalized spacial score (nSPS) is 13.7. The third-order valence-electron chi connectivity index (χ3n) is 3.09. The van der Waals surface area contributed by atoms with E-state index in [1.54, 1.807) is 0 Å². The molecule has 3 rings (SSSR count). The highest BCUT2D eigenvalue weighted by atomic mass is 35.5. The van der Waals surface area contributed by atoms with Gasteiger partial charge in [-0.3, -0.25) is 4.68 Å². The third-order valence-corrected chi connectivity index (χ3v) is 3.32. The van der Waals surface area contributed by atoms with E-state index in [2.05, 4.69) is 15.3 Å². The van der Waals surface area contributed by atoms with Gasteiger partial charge in [-0.1, -0.05) is 11.6 Å². The van der Waals surface area contributed by atoms with E-state index in [4.69, 9.17) is 11.6 Å². The zero-order valence-electron chi connectivity index (χ0n) is 9.74. The molecule has 0 amide bonds. The first-order valence-electron chi connectivity index (χ1n) is 5.45. The van der Waals surface area contributed by atoms with E-state index in [0.29, 0.717) is 0 Å². The van der Waals surface area contributed by atoms with Crippen molar-refractivity contribution in [3.63, 3.8) is 0 Å². The Morgan fingerprint density at radius 1 is 1.35 bits per heavy atom. The van der Waals surface area contributed by atoms with Crippen LogP contribution in [0.3, 0.4) is 0 Å². The maximum atomic E-state index is 6.06. The summed E-state index contributed by atoms with van der Waals surface area (Å²) in [6.07, 6.45) is 1.90. The molecule has 0 unspecified atom stereocenters. The molecular formula is C12H13ClN4. The van der Waals surface area contributed by atoms with Crippen molar-refractivity contribution < 1.29 is 0 Å². The van der Waals surface area contributed by atoms with Gasteiger partial charge in [-0.15, -0.1) is 0 Å². The Bertz CT molecular complexity index is 576. The van der Waals surface area contributed by atoms with Crippen LogP contribution >= 0.6 is 11.6 Å². The largest absolute Gasteiger partial charge is 0.379 e. The minimum Gasteiger partial charge on any atom is -0.379 e. The Morgan fingerprint density at radius 2 is 2.18 bits per heavy atom. The lowest BCUT2D eigenvalue weighted by molar-refractivity contribution is 0.760. The molecule has 0 bridgehead atoms. The summed E-state index contributed by atoms with van der Waals surface area (Å²) in [5, 5.41) is 8.43. The molecule has 0 radical (unpaired) electrons. The standard InChI is InChI=1S/C12H13ClN4/c1-16-11-5-9(13)3-4-10(11)14-6-8-7-15-17(2)12(8)16/h3-5,7,14H,6H2,1-2H3. The summed E-state index contributed by atoms with van der Waals surface area (Å²) in [6, 6.07) is 5.87. The number of nitrogens with zero attached hydrogens (tertiary/aromatic N) is 3. The Hall–Kier alpha value is -1.68. The van der Waals surface area contributed by atoms with Gasteiger partial charge in [0.1, 0.15) is 5.82 Å². The molecule has 1 aromatic carbocycles. The Morgan fingerprint density at radius 3 is 3.00 bits per heavy atom. The van der Waals surface area contributed by atoms with Crippen LogP contribution in [0.2, 0.25) is 5.02 Å². The Balaban J connectivity index is 2.20. The lowest BCUT2D eigenvalue weighted by Gasteiger charge is -2.20. The second kappa shape index (κ2) is 3.67. The minimum atomic E-state index is 0.739. The molecule has 2 heterocycles. The van der Waals surface area contributed by atoms with Crippen LogP contribution in [0.4, 0.5) is 17.2 Å². The van der Waals surface area contributed by atoms with Crippen LogP contribution in [-0.2, 0) is 13.6 Å². The van der Waals surface area contributed by atoms with Crippen molar-refractivity contribution in [1.29, 1.82) is 0 Å². The summed E-state index contributed by atoms with van der Waals surface area (Å²) >= 11 is 6.06. The maximum Gasteiger partial charge on any atom is 0.135 e. The third kappa shape index (κ3) is 1.56. The Labute approximate surface area is 105 Å². The average Bonchev–Trinajstić information content (AvgIpc) is 2.61. The number of anilines is 3. The van der Waals surface area contributed by atoms with Crippen molar-refractivity contribution in [2.45, 2.75) is 6.54 Å². The number of aromatic nitrogens is 2. The van der Waals surface area contributed by atoms with E-state index >= 15 is 0 Å². The molecule has 17 heavy (non-hydrogen) atoms. The van der Waals surface area contributed by atoms with Crippen LogP contribution in [0.5, 0.6) is 0 Å². The van der Waals surface area contributed by atoms with Crippen molar-refractivity contribution in [3.8, 4) is 0 Å². The van der Waals surface area contributed by atoms with E-state index in [1.165, 1.54) is 5.56 Å². The van der Waals surface area contributed by atoms with Crippen molar-refractivity contribution in [2.24, 2.45) is 7.05 Å². The maximum absolute atomic E-state index is 6.06. The summed E-state index contributed by atoms with van der Waals surface area (Å²) in [7, 11) is 3.98. The van der Waals surface area contributed by atoms with Gasteiger partial charge in [0, 0.05) is 31.2 Å². The van der Waals surface area contributed by atoms with Gasteiger partial charge in [-0.2, -0.15) is 5.10 Å². The fourth-order valence-corrected chi connectivity index (χ4v) is 2.44. The number of hydrogen-bond acceptors (Lipinski definition) is 3. The van der Waals surface area contributed by atoms with Gasteiger partial charge in [0.15, 0.2) is 0 Å². The summed E-state index contributed by atoms with van der Waals surface area (Å²) in [6.45, 7) is 0.780. The van der Waals surface area contributed by atoms with Crippen LogP contribution in [0.15, 0.2) is 24.4 Å². The molecule has 0 aliphatic carbocycles. The second-order valence-electron chi connectivity index (χ2n) is 4.19. The molecule has 0 fully saturated rings. The fraction of sp³-hybridized carbons (Fsp3) is 0.250. The first-order chi connectivity index (χ1) is 8.16. The fourth-order valence-electron chi connectivity index (χ4n) is 2.27. The molecule has 2 aromatic rings. The van der Waals surface area contributed by atoms with E-state index in [9.17, 15) is 0 Å². The smallest absolute Gasteiger partial charge is 0.135 e. The quantitative estimate of drug-likeness (QED) is 0.778. The van der Waals surface area contributed by atoms with Crippen molar-refractivity contribution in [3.05, 3.63) is 35.0 Å². The number of nitrogens with one attached hydrogen (secondary N) is 1. The second-order valence-corrected chi connectivity index (χ2v) is 4.63. The van der Waals surface area contributed by atoms with E-state index in [-0.39, 0.29) is 0 Å². The molecule has 88 valence electrons. The van der Waals surface area contributed by atoms with Crippen molar-refractivity contribution in [2.75, 3.05) is 17.3 Å². The molecule has 0 saturated carbocycles. The van der Waals surface area contributed by atoms with Gasteiger partial charge in [0.05, 0.1) is 17.6 Å². The molecule has 1 aliphatic rings. The molecule has 0 spiro atoms. The highest BCUT2D eigenvalue weighted by molar-refractivity contribution is 6.31. The van der Waals surface area contributed by atoms with Crippen molar-refractivity contribution in [1.82, 2.24) is 9.78 Å². The number of rotatable bonds is 0. The number of hydrogen-bond donors (Lipinski definition) is 1. The zero-order chi connectivity index (χ0) is 12.0. The van der Waals surface area contributed by atoms with Crippen LogP contribution < -0.4 is 10.2 Å². The van der Waals surface area contributed by atoms with Gasteiger partial charge in [-0.25, -0.2) is 0 Å². The first-order valence-corrected chi connectivity index (χ1v) is 5.82. The highest BCUT2D eigenvalue weighted by Crippen LogP contribution is 2.37. The SMILES string of the molecule is CN1c2cc(Cl)ccc2NCc2cnn(C)c21. The van der Waals surface area contributed by atoms with E-state index in [0.717, 1.165) is 28.8 Å². The predicted molar refractivity (Wildman–Crippen MR) is 70.0 cm³/mol. The molecule has 1 N–H and O–H groups in total. The average molecular weight is 249 g/mol. The van der Waals surface area contributed by atoms with Gasteiger partial charge < -0.3 is 10.2 Å². The molecule has 1 aliphatic heterocycles. The topological polar surface area (TPSA) is 33.1 Å². The lowest BCUT2D eigenvalue weighted by Crippen LogP contribution is -2.14. The molecule has 5 heteroatoms. The highest BCUT2D eigenvalue weighted by Gasteiger charge is 2.20. The van der Waals surface area contributed by atoms with Gasteiger partial charge in [0.25, 0.3) is 0 Å². The lowest BCUT2D eigenvalue weighted by atomic mass is 10.2. The molecule has 0 atom stereocenters. The number of aryl methyl sites for hydroxylation is 1. The summed E-state index contributed by atoms with van der Waals surface area (Å²) in [4.78, 5) is 2.11. The number of halogens is 1. The summed E-state index contributed by atoms with van der Waals surface area (Å²) in [5.41, 5.74) is 3.34. The van der Waals surface area contributed by atoms with Gasteiger partial charge in [0.2, 0.25) is 0 Å². The monoisotopic (exact) mass is 248 g/mol. The van der Waals surface area contributed by atoms with Gasteiger partial charge >= 0.3 is 0 Å². The summed E-state index contributed by atoms with van der Waals surface area (Å²) < 4.78 is 1.88.